The molecule has 1 saturated heterocycles. The van der Waals surface area contributed by atoms with Crippen LogP contribution in [0.2, 0.25) is 0 Å². The van der Waals surface area contributed by atoms with Gasteiger partial charge in [0.15, 0.2) is 0 Å². The Morgan fingerprint density at radius 2 is 1.83 bits per heavy atom. The van der Waals surface area contributed by atoms with Gasteiger partial charge in [-0.1, -0.05) is 24.6 Å². The van der Waals surface area contributed by atoms with Crippen LogP contribution >= 0.6 is 0 Å². The molecule has 3 heterocycles. The quantitative estimate of drug-likeness (QED) is 0.585. The number of likely N-dealkylation sites (tertiary alicyclic amines) is 1. The van der Waals surface area contributed by atoms with Crippen molar-refractivity contribution < 1.29 is 19.1 Å². The van der Waals surface area contributed by atoms with Gasteiger partial charge in [0.1, 0.15) is 6.10 Å². The number of benzene rings is 1. The zero-order valence-corrected chi connectivity index (χ0v) is 16.4. The number of carbonyl (C=O) groups is 2. The number of hydrogen-bond donors (Lipinski definition) is 0. The SMILES string of the molecule is O=C1Oc2nn(-c3ccccc3)c3c2C(CCN2CCCCC2)C(CC3)OC1=O. The molecule has 0 spiro atoms. The van der Waals surface area contributed by atoms with E-state index in [4.69, 9.17) is 9.47 Å². The number of nitrogens with zero attached hydrogens (tertiary/aromatic N) is 3. The fraction of sp³-hybridized carbons (Fsp3) is 0.500. The van der Waals surface area contributed by atoms with E-state index >= 15 is 0 Å². The summed E-state index contributed by atoms with van der Waals surface area (Å²) in [5, 5.41) is 4.60. The highest BCUT2D eigenvalue weighted by molar-refractivity contribution is 6.30. The van der Waals surface area contributed by atoms with Crippen LogP contribution in [-0.2, 0) is 20.7 Å². The topological polar surface area (TPSA) is 73.7 Å². The van der Waals surface area contributed by atoms with Crippen molar-refractivity contribution in [2.75, 3.05) is 19.6 Å². The van der Waals surface area contributed by atoms with Gasteiger partial charge in [0, 0.05) is 11.5 Å². The molecule has 29 heavy (non-hydrogen) atoms. The Kier molecular flexibility index (Phi) is 4.83. The third kappa shape index (κ3) is 3.44. The summed E-state index contributed by atoms with van der Waals surface area (Å²) >= 11 is 0. The largest absolute Gasteiger partial charge is 0.453 e. The predicted octanol–water partition coefficient (Wildman–Crippen LogP) is 2.61. The number of hydrogen-bond acceptors (Lipinski definition) is 6. The second-order valence-electron chi connectivity index (χ2n) is 8.08. The van der Waals surface area contributed by atoms with Crippen LogP contribution in [0.4, 0.5) is 0 Å². The van der Waals surface area contributed by atoms with Crippen molar-refractivity contribution in [3.8, 4) is 11.6 Å². The highest BCUT2D eigenvalue weighted by Crippen LogP contribution is 2.43. The Balaban J connectivity index is 1.53. The van der Waals surface area contributed by atoms with Crippen LogP contribution in [0, 0.1) is 0 Å². The second-order valence-corrected chi connectivity index (χ2v) is 8.08. The highest BCUT2D eigenvalue weighted by atomic mass is 16.6. The monoisotopic (exact) mass is 395 g/mol. The number of esters is 2. The fourth-order valence-electron chi connectivity index (χ4n) is 4.87. The van der Waals surface area contributed by atoms with Crippen molar-refractivity contribution in [1.29, 1.82) is 0 Å². The van der Waals surface area contributed by atoms with Crippen LogP contribution in [0.15, 0.2) is 30.3 Å². The van der Waals surface area contributed by atoms with Crippen LogP contribution < -0.4 is 4.74 Å². The van der Waals surface area contributed by atoms with Gasteiger partial charge in [-0.3, -0.25) is 0 Å². The zero-order valence-electron chi connectivity index (χ0n) is 16.4. The lowest BCUT2D eigenvalue weighted by atomic mass is 9.81. The summed E-state index contributed by atoms with van der Waals surface area (Å²) in [6.45, 7) is 3.19. The maximum Gasteiger partial charge on any atom is 0.424 e. The van der Waals surface area contributed by atoms with Gasteiger partial charge in [-0.25, -0.2) is 14.3 Å². The predicted molar refractivity (Wildman–Crippen MR) is 105 cm³/mol. The number of piperidine rings is 1. The molecule has 0 radical (unpaired) electrons. The first-order valence-electron chi connectivity index (χ1n) is 10.5. The van der Waals surface area contributed by atoms with Crippen molar-refractivity contribution in [1.82, 2.24) is 14.7 Å². The summed E-state index contributed by atoms with van der Waals surface area (Å²) in [5.41, 5.74) is 2.91. The van der Waals surface area contributed by atoms with E-state index in [-0.39, 0.29) is 17.9 Å². The van der Waals surface area contributed by atoms with Crippen LogP contribution in [0.1, 0.15) is 49.3 Å². The molecule has 7 nitrogen and oxygen atoms in total. The molecule has 5 rings (SSSR count). The van der Waals surface area contributed by atoms with E-state index < -0.39 is 11.9 Å². The lowest BCUT2D eigenvalue weighted by Crippen LogP contribution is -2.39. The first-order valence-corrected chi connectivity index (χ1v) is 10.5. The van der Waals surface area contributed by atoms with Crippen LogP contribution in [-0.4, -0.2) is 52.4 Å². The van der Waals surface area contributed by atoms with Crippen molar-refractivity contribution in [3.05, 3.63) is 41.6 Å². The molecule has 2 atom stereocenters. The second kappa shape index (κ2) is 7.63. The minimum atomic E-state index is -0.989. The first-order chi connectivity index (χ1) is 14.2. The van der Waals surface area contributed by atoms with Crippen molar-refractivity contribution >= 4 is 11.9 Å². The molecule has 7 heteroatoms. The lowest BCUT2D eigenvalue weighted by Gasteiger charge is -2.35. The molecular weight excluding hydrogens is 370 g/mol. The summed E-state index contributed by atoms with van der Waals surface area (Å²) in [6, 6.07) is 9.83. The average molecular weight is 395 g/mol. The van der Waals surface area contributed by atoms with Crippen LogP contribution in [0.3, 0.4) is 0 Å². The van der Waals surface area contributed by atoms with E-state index in [2.05, 4.69) is 10.00 Å². The van der Waals surface area contributed by atoms with Gasteiger partial charge in [0.25, 0.3) is 0 Å². The molecule has 0 saturated carbocycles. The molecule has 0 N–H and O–H groups in total. The van der Waals surface area contributed by atoms with E-state index in [0.29, 0.717) is 6.42 Å². The van der Waals surface area contributed by atoms with E-state index in [9.17, 15) is 9.59 Å². The molecular formula is C22H25N3O4. The summed E-state index contributed by atoms with van der Waals surface area (Å²) in [4.78, 5) is 26.7. The molecule has 2 bridgehead atoms. The third-order valence-corrected chi connectivity index (χ3v) is 6.29. The molecule has 1 aliphatic carbocycles. The molecule has 2 aliphatic heterocycles. The number of para-hydroxylation sites is 1. The molecule has 1 fully saturated rings. The number of rotatable bonds is 4. The van der Waals surface area contributed by atoms with E-state index in [1.54, 1.807) is 0 Å². The van der Waals surface area contributed by atoms with Crippen molar-refractivity contribution in [2.45, 2.75) is 50.5 Å². The molecule has 1 aromatic heterocycles. The Morgan fingerprint density at radius 1 is 1.03 bits per heavy atom. The van der Waals surface area contributed by atoms with E-state index in [1.807, 2.05) is 35.0 Å². The van der Waals surface area contributed by atoms with Gasteiger partial charge >= 0.3 is 11.9 Å². The Morgan fingerprint density at radius 3 is 2.62 bits per heavy atom. The minimum absolute atomic E-state index is 0.00908. The summed E-state index contributed by atoms with van der Waals surface area (Å²) < 4.78 is 12.8. The first kappa shape index (κ1) is 18.4. The fourth-order valence-corrected chi connectivity index (χ4v) is 4.87. The van der Waals surface area contributed by atoms with Gasteiger partial charge in [0.2, 0.25) is 5.88 Å². The molecule has 2 aromatic rings. The third-order valence-electron chi connectivity index (χ3n) is 6.29. The summed E-state index contributed by atoms with van der Waals surface area (Å²) in [5.74, 6) is -1.65. The lowest BCUT2D eigenvalue weighted by molar-refractivity contribution is -0.168. The van der Waals surface area contributed by atoms with Crippen molar-refractivity contribution in [2.24, 2.45) is 0 Å². The minimum Gasteiger partial charge on any atom is -0.453 e. The molecule has 1 aromatic carbocycles. The van der Waals surface area contributed by atoms with E-state index in [0.717, 1.165) is 49.4 Å². The van der Waals surface area contributed by atoms with Crippen molar-refractivity contribution in [3.63, 3.8) is 0 Å². The Labute approximate surface area is 169 Å². The smallest absolute Gasteiger partial charge is 0.424 e. The highest BCUT2D eigenvalue weighted by Gasteiger charge is 2.42. The van der Waals surface area contributed by atoms with Gasteiger partial charge in [-0.05, 0) is 63.9 Å². The Hall–Kier alpha value is -2.67. The maximum atomic E-state index is 12.2. The van der Waals surface area contributed by atoms with Gasteiger partial charge in [-0.15, -0.1) is 5.10 Å². The molecule has 2 unspecified atom stereocenters. The molecule has 0 amide bonds. The number of ether oxygens (including phenoxy) is 2. The van der Waals surface area contributed by atoms with Crippen LogP contribution in [0.5, 0.6) is 5.88 Å². The normalized spacial score (nSPS) is 24.4. The number of aromatic nitrogens is 2. The summed E-state index contributed by atoms with van der Waals surface area (Å²) in [6.07, 6.45) is 5.75. The maximum absolute atomic E-state index is 12.2. The summed E-state index contributed by atoms with van der Waals surface area (Å²) in [7, 11) is 0. The number of fused-ring (bicyclic) bond motifs is 1. The molecule has 3 aliphatic rings. The zero-order chi connectivity index (χ0) is 19.8. The Bertz CT molecular complexity index is 918. The van der Waals surface area contributed by atoms with Gasteiger partial charge in [-0.2, -0.15) is 0 Å². The molecule has 152 valence electrons. The standard InChI is InChI=1S/C22H25N3O4/c26-21-22(27)29-20-19-16(11-14-24-12-5-2-6-13-24)18(28-21)10-9-17(19)25(23-20)15-7-3-1-4-8-15/h1,3-4,7-8,16,18H,2,5-6,9-14H2. The van der Waals surface area contributed by atoms with Gasteiger partial charge in [0.05, 0.1) is 11.4 Å². The van der Waals surface area contributed by atoms with E-state index in [1.165, 1.54) is 19.3 Å². The van der Waals surface area contributed by atoms with Crippen LogP contribution in [0.25, 0.3) is 5.69 Å². The van der Waals surface area contributed by atoms with Gasteiger partial charge < -0.3 is 14.4 Å². The number of carbonyl (C=O) groups excluding carboxylic acids is 2. The average Bonchev–Trinajstić information content (AvgIpc) is 3.11.